The highest BCUT2D eigenvalue weighted by Gasteiger charge is 2.20. The number of aliphatic imine (C=N–C) groups is 1. The highest BCUT2D eigenvalue weighted by molar-refractivity contribution is 14.0. The molecule has 8 nitrogen and oxygen atoms in total. The Hall–Kier alpha value is -1.30. The van der Waals surface area contributed by atoms with Gasteiger partial charge in [0.1, 0.15) is 12.4 Å². The minimum absolute atomic E-state index is 0. The summed E-state index contributed by atoms with van der Waals surface area (Å²) in [5, 5.41) is 6.77. The number of guanidine groups is 1. The second-order valence-electron chi connectivity index (χ2n) is 6.36. The number of piperazine rings is 1. The maximum Gasteiger partial charge on any atom is 0.234 e. The Morgan fingerprint density at radius 1 is 1.14 bits per heavy atom. The van der Waals surface area contributed by atoms with Gasteiger partial charge in [0, 0.05) is 46.9 Å². The number of hydrogen-bond donors (Lipinski definition) is 2. The first-order chi connectivity index (χ1) is 13.6. The van der Waals surface area contributed by atoms with E-state index in [1.165, 1.54) is 0 Å². The van der Waals surface area contributed by atoms with Crippen LogP contribution < -0.4 is 15.4 Å². The van der Waals surface area contributed by atoms with Gasteiger partial charge in [-0.05, 0) is 12.1 Å². The van der Waals surface area contributed by atoms with Crippen LogP contribution >= 0.6 is 35.6 Å². The molecule has 10 heteroatoms. The van der Waals surface area contributed by atoms with Crippen LogP contribution in [0.5, 0.6) is 5.75 Å². The molecule has 1 fully saturated rings. The number of halogens is 2. The number of para-hydroxylation sites is 1. The van der Waals surface area contributed by atoms with Crippen LogP contribution in [-0.2, 0) is 9.53 Å². The molecule has 0 saturated carbocycles. The molecule has 29 heavy (non-hydrogen) atoms. The molecule has 0 spiro atoms. The number of carbonyl (C=O) groups excluding carboxylic acids is 1. The van der Waals surface area contributed by atoms with Gasteiger partial charge in [-0.2, -0.15) is 0 Å². The number of benzene rings is 1. The number of methoxy groups -OCH3 is 1. The molecular weight excluding hydrogens is 509 g/mol. The molecule has 1 aliphatic heterocycles. The molecule has 1 aliphatic rings. The van der Waals surface area contributed by atoms with Crippen LogP contribution in [0.15, 0.2) is 29.3 Å². The van der Waals surface area contributed by atoms with Crippen LogP contribution in [-0.4, -0.2) is 94.9 Å². The Balaban J connectivity index is 0.00000420. The topological polar surface area (TPSA) is 78.4 Å². The fourth-order valence-corrected chi connectivity index (χ4v) is 3.08. The van der Waals surface area contributed by atoms with E-state index in [2.05, 4.69) is 25.4 Å². The van der Waals surface area contributed by atoms with Crippen molar-refractivity contribution in [2.45, 2.75) is 0 Å². The van der Waals surface area contributed by atoms with Crippen LogP contribution in [0.4, 0.5) is 0 Å². The first kappa shape index (κ1) is 25.7. The van der Waals surface area contributed by atoms with Crippen LogP contribution in [0.1, 0.15) is 0 Å². The Morgan fingerprint density at radius 3 is 2.48 bits per heavy atom. The Kier molecular flexibility index (Phi) is 13.0. The number of ether oxygens (including phenoxy) is 2. The van der Waals surface area contributed by atoms with Gasteiger partial charge >= 0.3 is 0 Å². The quantitative estimate of drug-likeness (QED) is 0.213. The lowest BCUT2D eigenvalue weighted by Crippen LogP contribution is -2.54. The summed E-state index contributed by atoms with van der Waals surface area (Å²) < 4.78 is 10.6. The molecule has 2 N–H and O–H groups in total. The smallest absolute Gasteiger partial charge is 0.234 e. The molecule has 1 amide bonds. The molecule has 0 atom stereocenters. The summed E-state index contributed by atoms with van der Waals surface area (Å²) in [6, 6.07) is 7.42. The van der Waals surface area contributed by atoms with E-state index in [1.54, 1.807) is 20.2 Å². The molecule has 0 aliphatic carbocycles. The molecule has 164 valence electrons. The largest absolute Gasteiger partial charge is 0.490 e. The Labute approximate surface area is 195 Å². The highest BCUT2D eigenvalue weighted by Crippen LogP contribution is 2.22. The van der Waals surface area contributed by atoms with Gasteiger partial charge in [0.15, 0.2) is 5.96 Å². The number of carbonyl (C=O) groups is 1. The van der Waals surface area contributed by atoms with Gasteiger partial charge in [0.2, 0.25) is 5.91 Å². The van der Waals surface area contributed by atoms with E-state index < -0.39 is 0 Å². The molecular formula is C19H31ClIN5O3. The molecule has 0 radical (unpaired) electrons. The van der Waals surface area contributed by atoms with Gasteiger partial charge in [-0.1, -0.05) is 23.7 Å². The van der Waals surface area contributed by atoms with Crippen molar-refractivity contribution in [3.63, 3.8) is 0 Å². The van der Waals surface area contributed by atoms with Gasteiger partial charge in [-0.25, -0.2) is 0 Å². The lowest BCUT2D eigenvalue weighted by atomic mass is 10.3. The van der Waals surface area contributed by atoms with Gasteiger partial charge < -0.3 is 25.0 Å². The van der Waals surface area contributed by atoms with Crippen molar-refractivity contribution in [3.05, 3.63) is 29.3 Å². The molecule has 1 aromatic carbocycles. The third-order valence-electron chi connectivity index (χ3n) is 4.36. The van der Waals surface area contributed by atoms with Gasteiger partial charge in [0.05, 0.1) is 24.7 Å². The van der Waals surface area contributed by atoms with Crippen LogP contribution in [0.25, 0.3) is 0 Å². The maximum atomic E-state index is 11.9. The lowest BCUT2D eigenvalue weighted by Gasteiger charge is -2.36. The van der Waals surface area contributed by atoms with Crippen LogP contribution in [0.2, 0.25) is 5.02 Å². The number of amides is 1. The summed E-state index contributed by atoms with van der Waals surface area (Å²) in [5.41, 5.74) is 0. The predicted molar refractivity (Wildman–Crippen MR) is 127 cm³/mol. The normalized spacial score (nSPS) is 14.9. The van der Waals surface area contributed by atoms with E-state index in [-0.39, 0.29) is 29.9 Å². The monoisotopic (exact) mass is 539 g/mol. The minimum atomic E-state index is 0. The second kappa shape index (κ2) is 14.6. The summed E-state index contributed by atoms with van der Waals surface area (Å²) in [5.74, 6) is 1.55. The second-order valence-corrected chi connectivity index (χ2v) is 6.77. The van der Waals surface area contributed by atoms with Crippen molar-refractivity contribution in [1.82, 2.24) is 20.4 Å². The van der Waals surface area contributed by atoms with Gasteiger partial charge in [-0.3, -0.25) is 14.7 Å². The van der Waals surface area contributed by atoms with E-state index >= 15 is 0 Å². The van der Waals surface area contributed by atoms with Crippen LogP contribution in [0.3, 0.4) is 0 Å². The zero-order valence-corrected chi connectivity index (χ0v) is 20.1. The van der Waals surface area contributed by atoms with Crippen molar-refractivity contribution in [2.75, 3.05) is 73.2 Å². The standard InChI is InChI=1S/C19H30ClN5O3.HI/c1-21-19(23-8-14-28-17-6-4-3-5-16(17)20)25-11-9-24(10-12-25)15-18(26)22-7-13-27-2;/h3-6H,7-15H2,1-2H3,(H,21,23)(H,22,26);1H. The zero-order valence-electron chi connectivity index (χ0n) is 17.0. The van der Waals surface area contributed by atoms with E-state index in [9.17, 15) is 4.79 Å². The molecule has 2 rings (SSSR count). The first-order valence-corrected chi connectivity index (χ1v) is 9.82. The van der Waals surface area contributed by atoms with Crippen LogP contribution in [0, 0.1) is 0 Å². The number of rotatable bonds is 9. The van der Waals surface area contributed by atoms with Gasteiger partial charge in [0.25, 0.3) is 0 Å². The van der Waals surface area contributed by atoms with E-state index in [1.807, 2.05) is 18.2 Å². The van der Waals surface area contributed by atoms with Crippen molar-refractivity contribution < 1.29 is 14.3 Å². The SMILES string of the molecule is CN=C(NCCOc1ccccc1Cl)N1CCN(CC(=O)NCCOC)CC1.I. The van der Waals surface area contributed by atoms with E-state index in [4.69, 9.17) is 21.1 Å². The summed E-state index contributed by atoms with van der Waals surface area (Å²) in [6.07, 6.45) is 0. The number of nitrogens with one attached hydrogen (secondary N) is 2. The maximum absolute atomic E-state index is 11.9. The van der Waals surface area contributed by atoms with Crippen molar-refractivity contribution >= 4 is 47.4 Å². The third kappa shape index (κ3) is 9.37. The number of nitrogens with zero attached hydrogens (tertiary/aromatic N) is 3. The fourth-order valence-electron chi connectivity index (χ4n) is 2.89. The molecule has 1 aromatic rings. The molecule has 0 bridgehead atoms. The molecule has 1 heterocycles. The van der Waals surface area contributed by atoms with Crippen molar-refractivity contribution in [3.8, 4) is 5.75 Å². The molecule has 0 aromatic heterocycles. The Bertz CT molecular complexity index is 642. The average Bonchev–Trinajstić information content (AvgIpc) is 2.70. The number of hydrogen-bond acceptors (Lipinski definition) is 5. The highest BCUT2D eigenvalue weighted by atomic mass is 127. The molecule has 1 saturated heterocycles. The summed E-state index contributed by atoms with van der Waals surface area (Å²) in [7, 11) is 3.39. The predicted octanol–water partition coefficient (Wildman–Crippen LogP) is 1.29. The fraction of sp³-hybridized carbons (Fsp3) is 0.579. The Morgan fingerprint density at radius 2 is 1.83 bits per heavy atom. The lowest BCUT2D eigenvalue weighted by molar-refractivity contribution is -0.122. The van der Waals surface area contributed by atoms with E-state index in [0.717, 1.165) is 32.1 Å². The first-order valence-electron chi connectivity index (χ1n) is 9.45. The van der Waals surface area contributed by atoms with Gasteiger partial charge in [-0.15, -0.1) is 24.0 Å². The van der Waals surface area contributed by atoms with Crippen molar-refractivity contribution in [2.24, 2.45) is 4.99 Å². The summed E-state index contributed by atoms with van der Waals surface area (Å²) >= 11 is 6.08. The third-order valence-corrected chi connectivity index (χ3v) is 4.67. The summed E-state index contributed by atoms with van der Waals surface area (Å²) in [6.45, 7) is 5.86. The minimum Gasteiger partial charge on any atom is -0.490 e. The van der Waals surface area contributed by atoms with Crippen molar-refractivity contribution in [1.29, 1.82) is 0 Å². The summed E-state index contributed by atoms with van der Waals surface area (Å²) in [4.78, 5) is 20.6. The van der Waals surface area contributed by atoms with E-state index in [0.29, 0.717) is 43.6 Å². The zero-order chi connectivity index (χ0) is 20.2. The average molecular weight is 540 g/mol. The molecule has 0 unspecified atom stereocenters.